The molecule has 1 N–H and O–H groups in total. The van der Waals surface area contributed by atoms with Gasteiger partial charge in [0.1, 0.15) is 18.6 Å². The molecule has 0 spiro atoms. The summed E-state index contributed by atoms with van der Waals surface area (Å²) in [5.41, 5.74) is -5.69. The van der Waals surface area contributed by atoms with E-state index < -0.39 is 15.6 Å². The third-order valence-corrected chi connectivity index (χ3v) is 5.25. The van der Waals surface area contributed by atoms with Gasteiger partial charge in [0.2, 0.25) is 0 Å². The second-order valence-corrected chi connectivity index (χ2v) is 11.2. The van der Waals surface area contributed by atoms with Gasteiger partial charge in [-0.25, -0.2) is 9.98 Å². The largest absolute Gasteiger partial charge is 0.522 e. The van der Waals surface area contributed by atoms with Gasteiger partial charge >= 0.3 is 15.6 Å². The standard InChI is InChI=1S/C17H30N2O2.CHF3O3S.Cu/c1-15(2,3)11-9-20-13(18-11)17(7,8)14-19-12(10-21-14)16(4,5)6;2-1(3,4)8(5,6)7;/h11-12H,9-10H2,1-8H3;(H,5,6,7);/t11-,12-;;/m1../s1. The molecule has 0 aromatic heterocycles. The van der Waals surface area contributed by atoms with Crippen LogP contribution in [0.2, 0.25) is 0 Å². The van der Waals surface area contributed by atoms with Gasteiger partial charge < -0.3 is 9.47 Å². The molecule has 0 fully saturated rings. The Bertz CT molecular complexity index is 724. The molecular formula is C18H31CuF3N2O5S. The van der Waals surface area contributed by atoms with Crippen LogP contribution in [0.1, 0.15) is 55.4 Å². The van der Waals surface area contributed by atoms with Crippen LogP contribution >= 0.6 is 0 Å². The van der Waals surface area contributed by atoms with Crippen LogP contribution in [0.25, 0.3) is 0 Å². The van der Waals surface area contributed by atoms with Crippen molar-refractivity contribution in [3.05, 3.63) is 0 Å². The second-order valence-electron chi connectivity index (χ2n) is 9.80. The zero-order valence-corrected chi connectivity index (χ0v) is 20.1. The van der Waals surface area contributed by atoms with Crippen LogP contribution in [0.15, 0.2) is 9.98 Å². The Morgan fingerprint density at radius 3 is 1.27 bits per heavy atom. The van der Waals surface area contributed by atoms with Gasteiger partial charge in [-0.05, 0) is 24.7 Å². The zero-order valence-electron chi connectivity index (χ0n) is 18.4. The summed E-state index contributed by atoms with van der Waals surface area (Å²) >= 11 is 0. The number of hydrogen-bond donors (Lipinski definition) is 1. The molecule has 30 heavy (non-hydrogen) atoms. The van der Waals surface area contributed by atoms with Crippen molar-refractivity contribution >= 4 is 21.9 Å². The number of halogens is 3. The fraction of sp³-hybridized carbons (Fsp3) is 0.889. The summed E-state index contributed by atoms with van der Waals surface area (Å²) in [5, 5.41) is 0. The average Bonchev–Trinajstić information content (AvgIpc) is 3.15. The average molecular weight is 508 g/mol. The predicted octanol–water partition coefficient (Wildman–Crippen LogP) is 4.09. The van der Waals surface area contributed by atoms with Gasteiger partial charge in [-0.1, -0.05) is 41.5 Å². The third-order valence-electron chi connectivity index (χ3n) is 4.66. The van der Waals surface area contributed by atoms with Crippen molar-refractivity contribution in [2.24, 2.45) is 26.2 Å². The van der Waals surface area contributed by atoms with Crippen LogP contribution in [-0.4, -0.2) is 55.6 Å². The number of nitrogens with zero attached hydrogens (tertiary/aromatic N) is 2. The summed E-state index contributed by atoms with van der Waals surface area (Å²) < 4.78 is 69.3. The molecule has 0 saturated carbocycles. The number of rotatable bonds is 2. The van der Waals surface area contributed by atoms with Crippen molar-refractivity contribution in [1.29, 1.82) is 0 Å². The van der Waals surface area contributed by atoms with Gasteiger partial charge in [0.05, 0.1) is 12.1 Å². The first-order valence-corrected chi connectivity index (χ1v) is 10.6. The molecule has 0 bridgehead atoms. The van der Waals surface area contributed by atoms with Gasteiger partial charge in [0.25, 0.3) is 0 Å². The van der Waals surface area contributed by atoms with Crippen molar-refractivity contribution in [1.82, 2.24) is 0 Å². The van der Waals surface area contributed by atoms with E-state index in [-0.39, 0.29) is 45.4 Å². The number of alkyl halides is 3. The molecule has 2 atom stereocenters. The molecule has 0 aliphatic carbocycles. The van der Waals surface area contributed by atoms with E-state index in [1.165, 1.54) is 0 Å². The van der Waals surface area contributed by atoms with Gasteiger partial charge in [-0.3, -0.25) is 4.55 Å². The molecule has 181 valence electrons. The third kappa shape index (κ3) is 7.39. The molecule has 12 heteroatoms. The van der Waals surface area contributed by atoms with Gasteiger partial charge in [0, 0.05) is 17.1 Å². The summed E-state index contributed by atoms with van der Waals surface area (Å²) in [5.74, 6) is 1.52. The molecular weight excluding hydrogens is 477 g/mol. The minimum absolute atomic E-state index is 0. The van der Waals surface area contributed by atoms with Crippen molar-refractivity contribution in [3.63, 3.8) is 0 Å². The van der Waals surface area contributed by atoms with Crippen molar-refractivity contribution in [3.8, 4) is 0 Å². The van der Waals surface area contributed by atoms with Gasteiger partial charge in [0.15, 0.2) is 11.8 Å². The van der Waals surface area contributed by atoms with Crippen LogP contribution in [0.5, 0.6) is 0 Å². The van der Waals surface area contributed by atoms with Crippen molar-refractivity contribution in [2.75, 3.05) is 13.2 Å². The fourth-order valence-corrected chi connectivity index (χ4v) is 2.41. The molecule has 1 radical (unpaired) electrons. The maximum Gasteiger partial charge on any atom is 0.522 e. The zero-order chi connectivity index (χ0) is 23.1. The van der Waals surface area contributed by atoms with E-state index >= 15 is 0 Å². The quantitative estimate of drug-likeness (QED) is 0.345. The van der Waals surface area contributed by atoms with E-state index in [1.54, 1.807) is 0 Å². The van der Waals surface area contributed by atoms with Crippen molar-refractivity contribution in [2.45, 2.75) is 73.0 Å². The maximum atomic E-state index is 10.7. The minimum Gasteiger partial charge on any atom is -0.478 e. The maximum absolute atomic E-state index is 10.7. The molecule has 2 aliphatic rings. The Morgan fingerprint density at radius 1 is 0.833 bits per heavy atom. The Balaban J connectivity index is 0.000000801. The van der Waals surface area contributed by atoms with E-state index in [0.717, 1.165) is 11.8 Å². The van der Waals surface area contributed by atoms with Crippen LogP contribution in [-0.2, 0) is 36.7 Å². The molecule has 2 rings (SSSR count). The normalized spacial score (nSPS) is 22.7. The fourth-order valence-electron chi connectivity index (χ4n) is 2.41. The van der Waals surface area contributed by atoms with E-state index in [0.29, 0.717) is 13.2 Å². The van der Waals surface area contributed by atoms with Crippen LogP contribution in [0.3, 0.4) is 0 Å². The van der Waals surface area contributed by atoms with E-state index in [1.807, 2.05) is 0 Å². The Morgan fingerprint density at radius 2 is 1.10 bits per heavy atom. The minimum atomic E-state index is -5.84. The first-order valence-electron chi connectivity index (χ1n) is 9.13. The van der Waals surface area contributed by atoms with Crippen LogP contribution in [0.4, 0.5) is 13.2 Å². The molecule has 0 amide bonds. The Hall–Kier alpha value is -0.841. The number of aliphatic imine (C=N–C) groups is 2. The Kier molecular flexibility index (Phi) is 9.08. The number of hydrogen-bond acceptors (Lipinski definition) is 6. The van der Waals surface area contributed by atoms with Gasteiger partial charge in [-0.15, -0.1) is 0 Å². The van der Waals surface area contributed by atoms with Crippen molar-refractivity contribution < 1.29 is 52.7 Å². The number of ether oxygens (including phenoxy) is 2. The monoisotopic (exact) mass is 507 g/mol. The van der Waals surface area contributed by atoms with Crippen LogP contribution in [0, 0.1) is 16.2 Å². The van der Waals surface area contributed by atoms with E-state index in [4.69, 9.17) is 32.4 Å². The molecule has 0 aromatic rings. The molecule has 0 aromatic carbocycles. The molecule has 7 nitrogen and oxygen atoms in total. The topological polar surface area (TPSA) is 97.6 Å². The molecule has 0 saturated heterocycles. The molecule has 0 unspecified atom stereocenters. The van der Waals surface area contributed by atoms with Crippen LogP contribution < -0.4 is 0 Å². The van der Waals surface area contributed by atoms with Gasteiger partial charge in [-0.2, -0.15) is 21.6 Å². The second kappa shape index (κ2) is 9.34. The predicted molar refractivity (Wildman–Crippen MR) is 105 cm³/mol. The SMILES string of the molecule is CC(C)(C1=N[C@@H](C(C)(C)C)CO1)C1=N[C@@H](C(C)(C)C)CO1.O=S(=O)(O)C(F)(F)F.[Cu]. The molecule has 2 heterocycles. The Labute approximate surface area is 187 Å². The van der Waals surface area contributed by atoms with E-state index in [9.17, 15) is 13.2 Å². The summed E-state index contributed by atoms with van der Waals surface area (Å²) in [6.45, 7) is 18.6. The summed E-state index contributed by atoms with van der Waals surface area (Å²) in [6, 6.07) is 0.402. The van der Waals surface area contributed by atoms with E-state index in [2.05, 4.69) is 55.4 Å². The first kappa shape index (κ1) is 29.2. The summed E-state index contributed by atoms with van der Waals surface area (Å²) in [7, 11) is -5.84. The molecule has 2 aliphatic heterocycles. The summed E-state index contributed by atoms with van der Waals surface area (Å²) in [6.07, 6.45) is 0. The first-order chi connectivity index (χ1) is 12.7. The summed E-state index contributed by atoms with van der Waals surface area (Å²) in [4.78, 5) is 9.59. The smallest absolute Gasteiger partial charge is 0.478 e.